The Bertz CT molecular complexity index is 1870. The molecule has 2 heteroatoms. The van der Waals surface area contributed by atoms with Crippen molar-refractivity contribution in [2.75, 3.05) is 0 Å². The van der Waals surface area contributed by atoms with Gasteiger partial charge in [-0.25, -0.2) is 0 Å². The molecule has 0 atom stereocenters. The van der Waals surface area contributed by atoms with Crippen LogP contribution in [0.5, 0.6) is 0 Å². The minimum Gasteiger partial charge on any atom is -0.308 e. The highest BCUT2D eigenvalue weighted by molar-refractivity contribution is 6.29. The van der Waals surface area contributed by atoms with Gasteiger partial charge in [0.1, 0.15) is 0 Å². The fourth-order valence-electron chi connectivity index (χ4n) is 5.75. The molecule has 0 aliphatic heterocycles. The maximum Gasteiger partial charge on any atom is 0.0822 e. The van der Waals surface area contributed by atoms with Crippen LogP contribution in [0.1, 0.15) is 22.3 Å². The van der Waals surface area contributed by atoms with E-state index in [0.29, 0.717) is 0 Å². The fourth-order valence-corrected chi connectivity index (χ4v) is 5.75. The molecule has 0 amide bonds. The molecule has 0 N–H and O–H groups in total. The van der Waals surface area contributed by atoms with E-state index in [4.69, 9.17) is 4.98 Å². The predicted molar refractivity (Wildman–Crippen MR) is 133 cm³/mol. The molecule has 7 rings (SSSR count). The average Bonchev–Trinajstić information content (AvgIpc) is 3.16. The highest BCUT2D eigenvalue weighted by atomic mass is 14.9. The van der Waals surface area contributed by atoms with Crippen LogP contribution in [0.2, 0.25) is 0 Å². The summed E-state index contributed by atoms with van der Waals surface area (Å²) in [7, 11) is 0. The van der Waals surface area contributed by atoms with Crippen molar-refractivity contribution in [3.05, 3.63) is 83.0 Å². The van der Waals surface area contributed by atoms with Crippen molar-refractivity contribution in [2.45, 2.75) is 27.7 Å². The normalized spacial score (nSPS) is 12.5. The number of rotatable bonds is 0. The second kappa shape index (κ2) is 5.53. The molecule has 2 nitrogen and oxygen atoms in total. The number of nitrogens with zero attached hydrogens (tertiary/aromatic N) is 2. The maximum atomic E-state index is 4.91. The lowest BCUT2D eigenvalue weighted by atomic mass is 9.94. The third-order valence-corrected chi connectivity index (χ3v) is 7.64. The molecular weight excluding hydrogens is 376 g/mol. The number of aromatic nitrogens is 2. The second-order valence-electron chi connectivity index (χ2n) is 8.99. The summed E-state index contributed by atoms with van der Waals surface area (Å²) in [5.41, 5.74) is 10.5. The molecule has 7 aromatic rings. The molecule has 0 fully saturated rings. The topological polar surface area (TPSA) is 17.3 Å². The summed E-state index contributed by atoms with van der Waals surface area (Å²) in [6.07, 6.45) is 1.95. The van der Waals surface area contributed by atoms with Gasteiger partial charge < -0.3 is 4.40 Å². The molecule has 31 heavy (non-hydrogen) atoms. The van der Waals surface area contributed by atoms with Crippen LogP contribution in [0.4, 0.5) is 0 Å². The van der Waals surface area contributed by atoms with Crippen molar-refractivity contribution < 1.29 is 0 Å². The highest BCUT2D eigenvalue weighted by Crippen LogP contribution is 2.44. The Morgan fingerprint density at radius 2 is 1.35 bits per heavy atom. The highest BCUT2D eigenvalue weighted by Gasteiger charge is 2.22. The molecule has 3 heterocycles. The van der Waals surface area contributed by atoms with Crippen LogP contribution in [-0.2, 0) is 0 Å². The standard InChI is InChI=1S/C29H22N2/c1-15-16(2)18(4)28-25(17(15)3)22-10-9-19-11-12-30-27-23-13-20-7-5-6-8-21(20)14-24(23)31(28)29(22)26(19)27/h5-14H,1-4H3. The Hall–Kier alpha value is -3.65. The van der Waals surface area contributed by atoms with Crippen LogP contribution in [0, 0.1) is 27.7 Å². The summed E-state index contributed by atoms with van der Waals surface area (Å²) in [5.74, 6) is 0. The van der Waals surface area contributed by atoms with E-state index < -0.39 is 0 Å². The van der Waals surface area contributed by atoms with Crippen LogP contribution >= 0.6 is 0 Å². The molecule has 3 aromatic heterocycles. The van der Waals surface area contributed by atoms with Crippen molar-refractivity contribution in [2.24, 2.45) is 0 Å². The van der Waals surface area contributed by atoms with E-state index in [1.807, 2.05) is 6.20 Å². The lowest BCUT2D eigenvalue weighted by Crippen LogP contribution is -1.97. The van der Waals surface area contributed by atoms with Crippen molar-refractivity contribution in [3.8, 4) is 0 Å². The van der Waals surface area contributed by atoms with Gasteiger partial charge in [-0.3, -0.25) is 4.98 Å². The average molecular weight is 399 g/mol. The number of hydrogen-bond acceptors (Lipinski definition) is 1. The number of aryl methyl sites for hydroxylation is 2. The zero-order chi connectivity index (χ0) is 21.0. The summed E-state index contributed by atoms with van der Waals surface area (Å²) in [5, 5.41) is 8.98. The first-order chi connectivity index (χ1) is 15.1. The van der Waals surface area contributed by atoms with E-state index in [1.165, 1.54) is 76.5 Å². The van der Waals surface area contributed by atoms with E-state index >= 15 is 0 Å². The fraction of sp³-hybridized carbons (Fsp3) is 0.138. The van der Waals surface area contributed by atoms with Gasteiger partial charge in [-0.15, -0.1) is 0 Å². The van der Waals surface area contributed by atoms with E-state index in [0.717, 1.165) is 5.52 Å². The molecule has 0 saturated heterocycles. The summed E-state index contributed by atoms with van der Waals surface area (Å²) in [6.45, 7) is 9.08. The van der Waals surface area contributed by atoms with Crippen molar-refractivity contribution in [3.63, 3.8) is 0 Å². The van der Waals surface area contributed by atoms with Crippen molar-refractivity contribution in [1.29, 1.82) is 0 Å². The van der Waals surface area contributed by atoms with Gasteiger partial charge in [0.15, 0.2) is 0 Å². The molecule has 0 aliphatic rings. The zero-order valence-electron chi connectivity index (χ0n) is 18.2. The van der Waals surface area contributed by atoms with Crippen molar-refractivity contribution >= 4 is 59.8 Å². The summed E-state index contributed by atoms with van der Waals surface area (Å²) < 4.78 is 2.53. The van der Waals surface area contributed by atoms with Gasteiger partial charge in [-0.1, -0.05) is 36.4 Å². The van der Waals surface area contributed by atoms with Crippen LogP contribution in [0.15, 0.2) is 60.8 Å². The molecule has 0 spiro atoms. The first kappa shape index (κ1) is 17.1. The monoisotopic (exact) mass is 398 g/mol. The Balaban J connectivity index is 1.96. The molecule has 0 bridgehead atoms. The minimum absolute atomic E-state index is 1.10. The Kier molecular flexibility index (Phi) is 3.04. The quantitative estimate of drug-likeness (QED) is 0.188. The Morgan fingerprint density at radius 3 is 2.16 bits per heavy atom. The van der Waals surface area contributed by atoms with Gasteiger partial charge in [0, 0.05) is 27.7 Å². The number of benzene rings is 4. The predicted octanol–water partition coefficient (Wildman–Crippen LogP) is 7.77. The maximum absolute atomic E-state index is 4.91. The Morgan fingerprint density at radius 1 is 0.613 bits per heavy atom. The number of hydrogen-bond donors (Lipinski definition) is 0. The van der Waals surface area contributed by atoms with Gasteiger partial charge in [0.25, 0.3) is 0 Å². The molecule has 4 aromatic carbocycles. The van der Waals surface area contributed by atoms with Crippen LogP contribution in [0.3, 0.4) is 0 Å². The molecule has 0 radical (unpaired) electrons. The molecular formula is C29H22N2. The SMILES string of the molecule is Cc1c(C)c(C)c2c(c1C)c1ccc3ccnc4c5cc6ccccc6cc5n2c1c34. The van der Waals surface area contributed by atoms with Gasteiger partial charge in [-0.05, 0) is 84.3 Å². The summed E-state index contributed by atoms with van der Waals surface area (Å²) >= 11 is 0. The van der Waals surface area contributed by atoms with E-state index in [1.54, 1.807) is 0 Å². The molecule has 0 unspecified atom stereocenters. The van der Waals surface area contributed by atoms with Gasteiger partial charge >= 0.3 is 0 Å². The number of fused-ring (bicyclic) bond motifs is 7. The largest absolute Gasteiger partial charge is 0.308 e. The Labute approximate surface area is 180 Å². The first-order valence-corrected chi connectivity index (χ1v) is 10.9. The lowest BCUT2D eigenvalue weighted by molar-refractivity contribution is 1.22. The smallest absolute Gasteiger partial charge is 0.0822 e. The van der Waals surface area contributed by atoms with E-state index in [-0.39, 0.29) is 0 Å². The van der Waals surface area contributed by atoms with Crippen LogP contribution in [-0.4, -0.2) is 9.38 Å². The van der Waals surface area contributed by atoms with Crippen LogP contribution < -0.4 is 0 Å². The third-order valence-electron chi connectivity index (χ3n) is 7.64. The lowest BCUT2D eigenvalue weighted by Gasteiger charge is -2.15. The van der Waals surface area contributed by atoms with Gasteiger partial charge in [-0.2, -0.15) is 0 Å². The minimum atomic E-state index is 1.10. The third kappa shape index (κ3) is 1.91. The van der Waals surface area contributed by atoms with Gasteiger partial charge in [0.2, 0.25) is 0 Å². The summed E-state index contributed by atoms with van der Waals surface area (Å²) in [6, 6.07) is 20.0. The van der Waals surface area contributed by atoms with Crippen LogP contribution in [0.25, 0.3) is 59.8 Å². The molecule has 148 valence electrons. The number of pyridine rings is 2. The second-order valence-corrected chi connectivity index (χ2v) is 8.99. The van der Waals surface area contributed by atoms with E-state index in [2.05, 4.69) is 86.7 Å². The van der Waals surface area contributed by atoms with E-state index in [9.17, 15) is 0 Å². The zero-order valence-corrected chi connectivity index (χ0v) is 18.2. The van der Waals surface area contributed by atoms with Crippen molar-refractivity contribution in [1.82, 2.24) is 9.38 Å². The summed E-state index contributed by atoms with van der Waals surface area (Å²) in [4.78, 5) is 4.91. The molecule has 0 saturated carbocycles. The van der Waals surface area contributed by atoms with Gasteiger partial charge in [0.05, 0.1) is 22.1 Å². The molecule has 0 aliphatic carbocycles. The first-order valence-electron chi connectivity index (χ1n) is 10.9.